The number of piperazine rings is 1. The molecule has 1 fully saturated rings. The third kappa shape index (κ3) is 5.34. The molecule has 7 heteroatoms. The first-order chi connectivity index (χ1) is 9.54. The number of carboxylic acid groups (broad SMARTS) is 1. The fourth-order valence-corrected chi connectivity index (χ4v) is 2.17. The number of anilines is 1. The summed E-state index contributed by atoms with van der Waals surface area (Å²) in [7, 11) is 2.12. The van der Waals surface area contributed by atoms with Crippen LogP contribution < -0.4 is 5.73 Å². The van der Waals surface area contributed by atoms with Crippen molar-refractivity contribution in [3.63, 3.8) is 0 Å². The Kier molecular flexibility index (Phi) is 6.61. The van der Waals surface area contributed by atoms with Crippen molar-refractivity contribution in [1.29, 1.82) is 0 Å². The molecule has 116 valence electrons. The van der Waals surface area contributed by atoms with Gasteiger partial charge >= 0.3 is 5.97 Å². The molecule has 1 saturated heterocycles. The highest BCUT2D eigenvalue weighted by Crippen LogP contribution is 2.15. The molecule has 1 aromatic rings. The maximum absolute atomic E-state index is 10.5. The summed E-state index contributed by atoms with van der Waals surface area (Å²) in [5.41, 5.74) is 7.60. The monoisotopic (exact) mass is 312 g/mol. The summed E-state index contributed by atoms with van der Waals surface area (Å²) < 4.78 is 0. The van der Waals surface area contributed by atoms with Crippen LogP contribution in [-0.4, -0.2) is 59.1 Å². The number of pyridine rings is 1. The van der Waals surface area contributed by atoms with Gasteiger partial charge < -0.3 is 15.7 Å². The van der Waals surface area contributed by atoms with Gasteiger partial charge in [-0.2, -0.15) is 0 Å². The number of hydrogen-bond acceptors (Lipinski definition) is 5. The normalized spacial score (nSPS) is 16.8. The number of carboxylic acids is 1. The molecule has 1 aliphatic heterocycles. The lowest BCUT2D eigenvalue weighted by Crippen LogP contribution is -2.44. The molecule has 0 aromatic carbocycles. The number of aliphatic carboxylic acids is 1. The van der Waals surface area contributed by atoms with Gasteiger partial charge in [0.1, 0.15) is 5.82 Å². The van der Waals surface area contributed by atoms with Gasteiger partial charge in [0.15, 0.2) is 0 Å². The van der Waals surface area contributed by atoms with Gasteiger partial charge in [-0.25, -0.2) is 9.78 Å². The van der Waals surface area contributed by atoms with E-state index in [9.17, 15) is 4.79 Å². The number of carbonyl (C=O) groups is 1. The first-order valence-electron chi connectivity index (χ1n) is 6.61. The molecule has 0 unspecified atom stereocenters. The summed E-state index contributed by atoms with van der Waals surface area (Å²) in [4.78, 5) is 19.3. The minimum atomic E-state index is -0.970. The highest BCUT2D eigenvalue weighted by atomic mass is 35.5. The topological polar surface area (TPSA) is 82.7 Å². The standard InChI is InChI=1S/C14H20N4O2.ClH/c1-17-4-6-18(7-5-17)10-12-8-11(2-3-13(19)20)9-16-14(12)15;/h2-3,8-9H,4-7,10H2,1H3,(H2,15,16)(H,19,20);1H. The Morgan fingerprint density at radius 3 is 2.71 bits per heavy atom. The second-order valence-electron chi connectivity index (χ2n) is 5.06. The molecule has 1 aromatic heterocycles. The Morgan fingerprint density at radius 2 is 2.10 bits per heavy atom. The highest BCUT2D eigenvalue weighted by molar-refractivity contribution is 5.85. The molecule has 0 saturated carbocycles. The fraction of sp³-hybridized carbons (Fsp3) is 0.429. The van der Waals surface area contributed by atoms with E-state index in [0.717, 1.165) is 49.9 Å². The largest absolute Gasteiger partial charge is 0.478 e. The van der Waals surface area contributed by atoms with Crippen LogP contribution in [0.3, 0.4) is 0 Å². The van der Waals surface area contributed by atoms with Crippen LogP contribution in [0.5, 0.6) is 0 Å². The second-order valence-corrected chi connectivity index (χ2v) is 5.06. The molecule has 0 aliphatic carbocycles. The van der Waals surface area contributed by atoms with Gasteiger partial charge in [0.25, 0.3) is 0 Å². The van der Waals surface area contributed by atoms with Crippen LogP contribution in [-0.2, 0) is 11.3 Å². The van der Waals surface area contributed by atoms with Crippen molar-refractivity contribution in [3.8, 4) is 0 Å². The molecule has 0 atom stereocenters. The van der Waals surface area contributed by atoms with E-state index in [2.05, 4.69) is 21.8 Å². The molecule has 0 amide bonds. The van der Waals surface area contributed by atoms with Crippen molar-refractivity contribution in [2.45, 2.75) is 6.54 Å². The number of aromatic nitrogens is 1. The summed E-state index contributed by atoms with van der Waals surface area (Å²) >= 11 is 0. The van der Waals surface area contributed by atoms with Crippen LogP contribution in [0.15, 0.2) is 18.3 Å². The molecule has 2 heterocycles. The molecular weight excluding hydrogens is 292 g/mol. The maximum atomic E-state index is 10.5. The van der Waals surface area contributed by atoms with E-state index in [0.29, 0.717) is 5.82 Å². The molecule has 3 N–H and O–H groups in total. The first kappa shape index (κ1) is 17.4. The van der Waals surface area contributed by atoms with E-state index in [4.69, 9.17) is 10.8 Å². The van der Waals surface area contributed by atoms with E-state index in [1.54, 1.807) is 6.20 Å². The van der Waals surface area contributed by atoms with Gasteiger partial charge in [-0.15, -0.1) is 12.4 Å². The molecule has 0 radical (unpaired) electrons. The number of hydrogen-bond donors (Lipinski definition) is 2. The highest BCUT2D eigenvalue weighted by Gasteiger charge is 2.15. The Hall–Kier alpha value is -1.63. The van der Waals surface area contributed by atoms with E-state index < -0.39 is 5.97 Å². The summed E-state index contributed by atoms with van der Waals surface area (Å²) in [6.45, 7) is 4.86. The van der Waals surface area contributed by atoms with Gasteiger partial charge in [-0.1, -0.05) is 0 Å². The lowest BCUT2D eigenvalue weighted by Gasteiger charge is -2.32. The molecule has 2 rings (SSSR count). The number of nitrogens with two attached hydrogens (primary N) is 1. The second kappa shape index (κ2) is 7.97. The number of rotatable bonds is 4. The van der Waals surface area contributed by atoms with Gasteiger partial charge in [0.05, 0.1) is 0 Å². The average molecular weight is 313 g/mol. The molecule has 0 bridgehead atoms. The Labute approximate surface area is 130 Å². The van der Waals surface area contributed by atoms with Crippen LogP contribution in [0, 0.1) is 0 Å². The molecule has 21 heavy (non-hydrogen) atoms. The lowest BCUT2D eigenvalue weighted by molar-refractivity contribution is -0.131. The Balaban J connectivity index is 0.00000220. The number of halogens is 1. The fourth-order valence-electron chi connectivity index (χ4n) is 2.17. The van der Waals surface area contributed by atoms with Crippen molar-refractivity contribution in [2.24, 2.45) is 0 Å². The molecule has 0 spiro atoms. The quantitative estimate of drug-likeness (QED) is 0.805. The SMILES string of the molecule is CN1CCN(Cc2cc(C=CC(=O)O)cnc2N)CC1.Cl. The van der Waals surface area contributed by atoms with Crippen LogP contribution in [0.25, 0.3) is 6.08 Å². The average Bonchev–Trinajstić information content (AvgIpc) is 2.42. The number of nitrogen functional groups attached to an aromatic ring is 1. The maximum Gasteiger partial charge on any atom is 0.328 e. The lowest BCUT2D eigenvalue weighted by atomic mass is 10.1. The summed E-state index contributed by atoms with van der Waals surface area (Å²) in [5.74, 6) is -0.459. The third-order valence-corrected chi connectivity index (χ3v) is 3.43. The summed E-state index contributed by atoms with van der Waals surface area (Å²) in [6.07, 6.45) is 4.22. The number of nitrogens with zero attached hydrogens (tertiary/aromatic N) is 3. The van der Waals surface area contributed by atoms with Gasteiger partial charge in [-0.3, -0.25) is 4.90 Å². The predicted molar refractivity (Wildman–Crippen MR) is 85.3 cm³/mol. The van der Waals surface area contributed by atoms with Crippen molar-refractivity contribution >= 4 is 30.3 Å². The van der Waals surface area contributed by atoms with Crippen molar-refractivity contribution in [3.05, 3.63) is 29.5 Å². The van der Waals surface area contributed by atoms with Crippen LogP contribution in [0.2, 0.25) is 0 Å². The summed E-state index contributed by atoms with van der Waals surface area (Å²) in [6, 6.07) is 1.90. The smallest absolute Gasteiger partial charge is 0.328 e. The number of likely N-dealkylation sites (N-methyl/N-ethyl adjacent to an activating group) is 1. The van der Waals surface area contributed by atoms with Crippen LogP contribution in [0.1, 0.15) is 11.1 Å². The molecule has 1 aliphatic rings. The van der Waals surface area contributed by atoms with Crippen LogP contribution in [0.4, 0.5) is 5.82 Å². The zero-order valence-electron chi connectivity index (χ0n) is 12.0. The van der Waals surface area contributed by atoms with Gasteiger partial charge in [0.2, 0.25) is 0 Å². The van der Waals surface area contributed by atoms with Crippen molar-refractivity contribution < 1.29 is 9.90 Å². The first-order valence-corrected chi connectivity index (χ1v) is 6.61. The van der Waals surface area contributed by atoms with Gasteiger partial charge in [-0.05, 0) is 24.8 Å². The van der Waals surface area contributed by atoms with Crippen molar-refractivity contribution in [2.75, 3.05) is 39.0 Å². The summed E-state index contributed by atoms with van der Waals surface area (Å²) in [5, 5.41) is 8.64. The van der Waals surface area contributed by atoms with E-state index in [1.807, 2.05) is 6.07 Å². The third-order valence-electron chi connectivity index (χ3n) is 3.43. The minimum Gasteiger partial charge on any atom is -0.478 e. The molecular formula is C14H21ClN4O2. The van der Waals surface area contributed by atoms with E-state index >= 15 is 0 Å². The zero-order valence-corrected chi connectivity index (χ0v) is 12.8. The molecule has 6 nitrogen and oxygen atoms in total. The van der Waals surface area contributed by atoms with Crippen molar-refractivity contribution in [1.82, 2.24) is 14.8 Å². The van der Waals surface area contributed by atoms with Crippen LogP contribution >= 0.6 is 12.4 Å². The zero-order chi connectivity index (χ0) is 14.5. The Bertz CT molecular complexity index is 514. The van der Waals surface area contributed by atoms with E-state index in [-0.39, 0.29) is 12.4 Å². The van der Waals surface area contributed by atoms with Gasteiger partial charge in [0, 0.05) is 50.6 Å². The van der Waals surface area contributed by atoms with E-state index in [1.165, 1.54) is 6.08 Å². The predicted octanol–water partition coefficient (Wildman–Crippen LogP) is 0.931. The Morgan fingerprint density at radius 1 is 1.43 bits per heavy atom. The minimum absolute atomic E-state index is 0.